The molecule has 2 aromatic rings. The van der Waals surface area contributed by atoms with Gasteiger partial charge < -0.3 is 16.2 Å². The van der Waals surface area contributed by atoms with Crippen LogP contribution in [0, 0.1) is 0 Å². The summed E-state index contributed by atoms with van der Waals surface area (Å²) in [4.78, 5) is -0.0140. The van der Waals surface area contributed by atoms with Crippen molar-refractivity contribution in [1.82, 2.24) is 5.32 Å². The molecule has 0 radical (unpaired) electrons. The summed E-state index contributed by atoms with van der Waals surface area (Å²) in [6, 6.07) is 14.0. The zero-order valence-electron chi connectivity index (χ0n) is 10.8. The predicted molar refractivity (Wildman–Crippen MR) is 85.1 cm³/mol. The standard InChI is InChI=1S/C16H15BrN2O/c17-14-8-7-13(18)15(19-14)16(20)12-6-5-10-3-1-2-4-11(10)9-12/h1-9,14,16,19-20H,18H2. The lowest BCUT2D eigenvalue weighted by molar-refractivity contribution is 0.205. The summed E-state index contributed by atoms with van der Waals surface area (Å²) >= 11 is 3.44. The van der Waals surface area contributed by atoms with E-state index in [4.69, 9.17) is 5.73 Å². The quantitative estimate of drug-likeness (QED) is 0.586. The van der Waals surface area contributed by atoms with E-state index in [1.165, 1.54) is 0 Å². The molecule has 0 spiro atoms. The summed E-state index contributed by atoms with van der Waals surface area (Å²) in [5.41, 5.74) is 7.95. The lowest BCUT2D eigenvalue weighted by atomic mass is 10.00. The average Bonchev–Trinajstić information content (AvgIpc) is 2.48. The molecule has 0 aliphatic carbocycles. The molecular weight excluding hydrogens is 316 g/mol. The summed E-state index contributed by atoms with van der Waals surface area (Å²) < 4.78 is 0. The maximum absolute atomic E-state index is 10.5. The Balaban J connectivity index is 2.00. The summed E-state index contributed by atoms with van der Waals surface area (Å²) in [5, 5.41) is 15.9. The summed E-state index contributed by atoms with van der Waals surface area (Å²) in [7, 11) is 0. The van der Waals surface area contributed by atoms with Gasteiger partial charge in [-0.3, -0.25) is 0 Å². The van der Waals surface area contributed by atoms with E-state index in [-0.39, 0.29) is 4.95 Å². The van der Waals surface area contributed by atoms with Crippen LogP contribution < -0.4 is 11.1 Å². The number of nitrogens with two attached hydrogens (primary N) is 1. The normalized spacial score (nSPS) is 20.0. The molecule has 0 saturated heterocycles. The molecule has 3 nitrogen and oxygen atoms in total. The first kappa shape index (κ1) is 13.2. The number of hydrogen-bond acceptors (Lipinski definition) is 3. The van der Waals surface area contributed by atoms with Crippen molar-refractivity contribution in [2.24, 2.45) is 5.73 Å². The van der Waals surface area contributed by atoms with Gasteiger partial charge in [-0.1, -0.05) is 52.3 Å². The van der Waals surface area contributed by atoms with Crippen LogP contribution in [0.4, 0.5) is 0 Å². The first-order chi connectivity index (χ1) is 9.65. The van der Waals surface area contributed by atoms with Crippen LogP contribution >= 0.6 is 15.9 Å². The molecule has 4 N–H and O–H groups in total. The Morgan fingerprint density at radius 1 is 1.15 bits per heavy atom. The molecule has 102 valence electrons. The Labute approximate surface area is 125 Å². The van der Waals surface area contributed by atoms with Crippen LogP contribution in [0.2, 0.25) is 0 Å². The molecule has 0 aromatic heterocycles. The van der Waals surface area contributed by atoms with Gasteiger partial charge in [-0.25, -0.2) is 0 Å². The van der Waals surface area contributed by atoms with Gasteiger partial charge in [-0.2, -0.15) is 0 Å². The zero-order valence-corrected chi connectivity index (χ0v) is 12.3. The number of aliphatic hydroxyl groups is 1. The van der Waals surface area contributed by atoms with Crippen LogP contribution in [0.15, 0.2) is 66.0 Å². The maximum Gasteiger partial charge on any atom is 0.121 e. The molecule has 2 aromatic carbocycles. The van der Waals surface area contributed by atoms with E-state index in [1.54, 1.807) is 6.08 Å². The molecule has 2 unspecified atom stereocenters. The van der Waals surface area contributed by atoms with Gasteiger partial charge in [0.1, 0.15) is 11.1 Å². The minimum absolute atomic E-state index is 0.0140. The highest BCUT2D eigenvalue weighted by molar-refractivity contribution is 9.09. The number of dihydropyridines is 1. The van der Waals surface area contributed by atoms with E-state index in [1.807, 2.05) is 42.5 Å². The fourth-order valence-electron chi connectivity index (χ4n) is 2.34. The van der Waals surface area contributed by atoms with Gasteiger partial charge in [-0.05, 0) is 34.6 Å². The van der Waals surface area contributed by atoms with Crippen molar-refractivity contribution in [2.45, 2.75) is 11.1 Å². The Morgan fingerprint density at radius 3 is 2.70 bits per heavy atom. The Bertz CT molecular complexity index is 708. The highest BCUT2D eigenvalue weighted by Gasteiger charge is 2.20. The van der Waals surface area contributed by atoms with Crippen molar-refractivity contribution in [3.8, 4) is 0 Å². The van der Waals surface area contributed by atoms with Crippen molar-refractivity contribution < 1.29 is 5.11 Å². The van der Waals surface area contributed by atoms with E-state index in [2.05, 4.69) is 27.3 Å². The topological polar surface area (TPSA) is 58.3 Å². The van der Waals surface area contributed by atoms with Crippen molar-refractivity contribution >= 4 is 26.7 Å². The number of allylic oxidation sites excluding steroid dienone is 1. The third kappa shape index (κ3) is 2.44. The number of rotatable bonds is 2. The molecule has 1 heterocycles. The monoisotopic (exact) mass is 330 g/mol. The minimum atomic E-state index is -0.760. The highest BCUT2D eigenvalue weighted by atomic mass is 79.9. The largest absolute Gasteiger partial charge is 0.397 e. The van der Waals surface area contributed by atoms with Gasteiger partial charge in [0.05, 0.1) is 11.4 Å². The van der Waals surface area contributed by atoms with Crippen LogP contribution in [-0.2, 0) is 0 Å². The third-order valence-electron chi connectivity index (χ3n) is 3.41. The number of halogens is 1. The average molecular weight is 331 g/mol. The molecule has 0 fully saturated rings. The Kier molecular flexibility index (Phi) is 3.51. The van der Waals surface area contributed by atoms with Crippen LogP contribution in [-0.4, -0.2) is 10.1 Å². The third-order valence-corrected chi connectivity index (χ3v) is 3.95. The summed E-state index contributed by atoms with van der Waals surface area (Å²) in [6.07, 6.45) is 2.94. The van der Waals surface area contributed by atoms with Crippen LogP contribution in [0.1, 0.15) is 11.7 Å². The van der Waals surface area contributed by atoms with E-state index in [0.29, 0.717) is 11.4 Å². The van der Waals surface area contributed by atoms with Gasteiger partial charge in [0.25, 0.3) is 0 Å². The number of benzene rings is 2. The van der Waals surface area contributed by atoms with E-state index in [0.717, 1.165) is 16.3 Å². The lowest BCUT2D eigenvalue weighted by Crippen LogP contribution is -2.30. The predicted octanol–water partition coefficient (Wildman–Crippen LogP) is 2.92. The number of hydrogen-bond donors (Lipinski definition) is 3. The Hall–Kier alpha value is -1.78. The van der Waals surface area contributed by atoms with Crippen molar-refractivity contribution in [3.63, 3.8) is 0 Å². The highest BCUT2D eigenvalue weighted by Crippen LogP contribution is 2.27. The number of fused-ring (bicyclic) bond motifs is 1. The first-order valence-electron chi connectivity index (χ1n) is 6.40. The van der Waals surface area contributed by atoms with Crippen LogP contribution in [0.25, 0.3) is 10.8 Å². The fraction of sp³-hybridized carbons (Fsp3) is 0.125. The first-order valence-corrected chi connectivity index (χ1v) is 7.32. The molecule has 0 saturated carbocycles. The number of aliphatic hydroxyl groups excluding tert-OH is 1. The second-order valence-electron chi connectivity index (χ2n) is 4.78. The van der Waals surface area contributed by atoms with E-state index < -0.39 is 6.10 Å². The molecule has 20 heavy (non-hydrogen) atoms. The van der Waals surface area contributed by atoms with Crippen molar-refractivity contribution in [3.05, 3.63) is 71.6 Å². The van der Waals surface area contributed by atoms with Gasteiger partial charge in [0, 0.05) is 0 Å². The summed E-state index contributed by atoms with van der Waals surface area (Å²) in [6.45, 7) is 0. The molecule has 1 aliphatic heterocycles. The Morgan fingerprint density at radius 2 is 1.90 bits per heavy atom. The SMILES string of the molecule is NC1=C(C(O)c2ccc3ccccc3c2)NC(Br)C=C1. The van der Waals surface area contributed by atoms with Crippen molar-refractivity contribution in [1.29, 1.82) is 0 Å². The van der Waals surface area contributed by atoms with Gasteiger partial charge in [0.15, 0.2) is 0 Å². The molecule has 0 amide bonds. The fourth-order valence-corrected chi connectivity index (χ4v) is 2.74. The molecule has 1 aliphatic rings. The molecular formula is C16H15BrN2O. The number of nitrogens with one attached hydrogen (secondary N) is 1. The molecule has 3 rings (SSSR count). The number of alkyl halides is 1. The van der Waals surface area contributed by atoms with E-state index in [9.17, 15) is 5.11 Å². The smallest absolute Gasteiger partial charge is 0.121 e. The van der Waals surface area contributed by atoms with Gasteiger partial charge in [0.2, 0.25) is 0 Å². The van der Waals surface area contributed by atoms with Gasteiger partial charge in [-0.15, -0.1) is 0 Å². The van der Waals surface area contributed by atoms with E-state index >= 15 is 0 Å². The second-order valence-corrected chi connectivity index (χ2v) is 5.77. The van der Waals surface area contributed by atoms with Crippen LogP contribution in [0.3, 0.4) is 0 Å². The maximum atomic E-state index is 10.5. The summed E-state index contributed by atoms with van der Waals surface area (Å²) in [5.74, 6) is 0. The lowest BCUT2D eigenvalue weighted by Gasteiger charge is -2.24. The van der Waals surface area contributed by atoms with Gasteiger partial charge >= 0.3 is 0 Å². The van der Waals surface area contributed by atoms with Crippen LogP contribution in [0.5, 0.6) is 0 Å². The minimum Gasteiger partial charge on any atom is -0.397 e. The second kappa shape index (κ2) is 5.31. The zero-order chi connectivity index (χ0) is 14.1. The molecule has 4 heteroatoms. The molecule has 2 atom stereocenters. The van der Waals surface area contributed by atoms with Crippen molar-refractivity contribution in [2.75, 3.05) is 0 Å². The molecule has 0 bridgehead atoms.